The summed E-state index contributed by atoms with van der Waals surface area (Å²) in [6.45, 7) is 3.34. The molecule has 8 heteroatoms. The van der Waals surface area contributed by atoms with Gasteiger partial charge in [0.25, 0.3) is 0 Å². The van der Waals surface area contributed by atoms with Gasteiger partial charge in [0, 0.05) is 44.2 Å². The van der Waals surface area contributed by atoms with E-state index in [0.29, 0.717) is 18.7 Å². The molecule has 0 saturated carbocycles. The van der Waals surface area contributed by atoms with Crippen molar-refractivity contribution in [2.75, 3.05) is 18.0 Å². The van der Waals surface area contributed by atoms with Crippen LogP contribution in [-0.4, -0.2) is 42.2 Å². The minimum Gasteiger partial charge on any atom is -0.390 e. The van der Waals surface area contributed by atoms with Gasteiger partial charge in [-0.1, -0.05) is 49.4 Å². The van der Waals surface area contributed by atoms with Gasteiger partial charge in [-0.25, -0.2) is 8.78 Å². The lowest BCUT2D eigenvalue weighted by Gasteiger charge is -2.25. The molecule has 0 fully saturated rings. The molecule has 4 rings (SSSR count). The average molecular weight is 536 g/mol. The van der Waals surface area contributed by atoms with E-state index < -0.39 is 29.7 Å². The molecule has 0 bridgehead atoms. The third-order valence-electron chi connectivity index (χ3n) is 7.03. The van der Waals surface area contributed by atoms with E-state index in [0.717, 1.165) is 35.7 Å². The lowest BCUT2D eigenvalue weighted by molar-refractivity contribution is -0.126. The predicted octanol–water partition coefficient (Wildman–Crippen LogP) is 4.07. The molecule has 3 aromatic rings. The molecule has 0 saturated heterocycles. The van der Waals surface area contributed by atoms with Crippen LogP contribution >= 0.6 is 0 Å². The van der Waals surface area contributed by atoms with Crippen LogP contribution in [0, 0.1) is 11.6 Å². The zero-order valence-electron chi connectivity index (χ0n) is 22.1. The van der Waals surface area contributed by atoms with Gasteiger partial charge < -0.3 is 20.6 Å². The molecule has 0 aliphatic carbocycles. The van der Waals surface area contributed by atoms with E-state index in [9.17, 15) is 23.5 Å². The monoisotopic (exact) mass is 535 g/mol. The summed E-state index contributed by atoms with van der Waals surface area (Å²) in [6.07, 6.45) is 0.654. The number of hydrogen-bond acceptors (Lipinski definition) is 4. The third kappa shape index (κ3) is 7.94. The fourth-order valence-electron chi connectivity index (χ4n) is 4.96. The molecular formula is C31H35F2N3O3. The van der Waals surface area contributed by atoms with Crippen LogP contribution in [0.4, 0.5) is 14.5 Å². The maximum atomic E-state index is 13.8. The third-order valence-corrected chi connectivity index (χ3v) is 7.03. The maximum Gasteiger partial charge on any atom is 0.227 e. The molecule has 206 valence electrons. The van der Waals surface area contributed by atoms with Crippen molar-refractivity contribution in [2.45, 2.75) is 57.7 Å². The summed E-state index contributed by atoms with van der Waals surface area (Å²) in [4.78, 5) is 27.4. The topological polar surface area (TPSA) is 81.7 Å². The van der Waals surface area contributed by atoms with Crippen molar-refractivity contribution in [1.82, 2.24) is 10.6 Å². The Morgan fingerprint density at radius 3 is 2.46 bits per heavy atom. The summed E-state index contributed by atoms with van der Waals surface area (Å²) >= 11 is 0. The van der Waals surface area contributed by atoms with Gasteiger partial charge in [-0.15, -0.1) is 0 Å². The van der Waals surface area contributed by atoms with Crippen LogP contribution < -0.4 is 15.5 Å². The number of carbonyl (C=O) groups excluding carboxylic acids is 2. The zero-order chi connectivity index (χ0) is 27.8. The number of aryl methyl sites for hydroxylation is 1. The van der Waals surface area contributed by atoms with Crippen molar-refractivity contribution in [3.05, 3.63) is 101 Å². The average Bonchev–Trinajstić information content (AvgIpc) is 3.35. The predicted molar refractivity (Wildman–Crippen MR) is 147 cm³/mol. The Morgan fingerprint density at radius 2 is 1.69 bits per heavy atom. The van der Waals surface area contributed by atoms with Crippen molar-refractivity contribution in [3.8, 4) is 0 Å². The minimum atomic E-state index is -1.03. The number of benzene rings is 3. The highest BCUT2D eigenvalue weighted by atomic mass is 19.1. The maximum absolute atomic E-state index is 13.8. The Bertz CT molecular complexity index is 1280. The Labute approximate surface area is 228 Å². The van der Waals surface area contributed by atoms with Gasteiger partial charge in [0.15, 0.2) is 0 Å². The van der Waals surface area contributed by atoms with Crippen molar-refractivity contribution >= 4 is 17.5 Å². The molecule has 0 aromatic heterocycles. The van der Waals surface area contributed by atoms with E-state index >= 15 is 0 Å². The number of aliphatic hydroxyl groups is 1. The number of halogens is 2. The van der Waals surface area contributed by atoms with Crippen LogP contribution in [0.15, 0.2) is 66.7 Å². The van der Waals surface area contributed by atoms with Crippen LogP contribution in [0.25, 0.3) is 0 Å². The molecule has 2 atom stereocenters. The van der Waals surface area contributed by atoms with E-state index in [2.05, 4.69) is 29.7 Å². The van der Waals surface area contributed by atoms with Crippen LogP contribution in [0.5, 0.6) is 0 Å². The molecular weight excluding hydrogens is 500 g/mol. The molecule has 2 amide bonds. The van der Waals surface area contributed by atoms with Crippen molar-refractivity contribution < 1.29 is 23.5 Å². The SMILES string of the molecule is CCc1cccc(CNCC(O)C(Cc2cc(F)cc(F)c2)NC(=O)CCC(=O)N2CCc3ccccc32)c1. The Balaban J connectivity index is 1.36. The van der Waals surface area contributed by atoms with E-state index in [1.807, 2.05) is 36.4 Å². The van der Waals surface area contributed by atoms with E-state index in [1.165, 1.54) is 17.7 Å². The fraction of sp³-hybridized carbons (Fsp3) is 0.355. The second-order valence-corrected chi connectivity index (χ2v) is 9.95. The highest BCUT2D eigenvalue weighted by molar-refractivity contribution is 5.97. The Hall–Kier alpha value is -3.62. The number of aliphatic hydroxyl groups excluding tert-OH is 1. The van der Waals surface area contributed by atoms with Crippen molar-refractivity contribution in [3.63, 3.8) is 0 Å². The number of amides is 2. The molecule has 3 aromatic carbocycles. The normalized spacial score (nSPS) is 14.1. The van der Waals surface area contributed by atoms with Gasteiger partial charge >= 0.3 is 0 Å². The molecule has 0 radical (unpaired) electrons. The summed E-state index contributed by atoms with van der Waals surface area (Å²) in [5, 5.41) is 16.9. The molecule has 2 unspecified atom stereocenters. The first-order valence-electron chi connectivity index (χ1n) is 13.4. The summed E-state index contributed by atoms with van der Waals surface area (Å²) in [6, 6.07) is 18.2. The second-order valence-electron chi connectivity index (χ2n) is 9.95. The molecule has 39 heavy (non-hydrogen) atoms. The van der Waals surface area contributed by atoms with Crippen LogP contribution in [0.2, 0.25) is 0 Å². The van der Waals surface area contributed by atoms with Gasteiger partial charge in [0.05, 0.1) is 12.1 Å². The smallest absolute Gasteiger partial charge is 0.227 e. The van der Waals surface area contributed by atoms with Crippen LogP contribution in [0.1, 0.15) is 42.0 Å². The fourth-order valence-corrected chi connectivity index (χ4v) is 4.96. The number of hydrogen-bond donors (Lipinski definition) is 3. The summed E-state index contributed by atoms with van der Waals surface area (Å²) in [5.74, 6) is -2.01. The largest absolute Gasteiger partial charge is 0.390 e. The minimum absolute atomic E-state index is 0.0175. The number of nitrogens with one attached hydrogen (secondary N) is 2. The number of fused-ring (bicyclic) bond motifs is 1. The van der Waals surface area contributed by atoms with E-state index in [4.69, 9.17) is 0 Å². The lowest BCUT2D eigenvalue weighted by Crippen LogP contribution is -2.48. The second kappa shape index (κ2) is 13.4. The molecule has 1 aliphatic rings. The quantitative estimate of drug-likeness (QED) is 0.327. The van der Waals surface area contributed by atoms with Gasteiger partial charge in [-0.05, 0) is 59.7 Å². The molecule has 1 aliphatic heterocycles. The van der Waals surface area contributed by atoms with Gasteiger partial charge in [0.1, 0.15) is 11.6 Å². The van der Waals surface area contributed by atoms with Crippen LogP contribution in [-0.2, 0) is 35.4 Å². The van der Waals surface area contributed by atoms with Gasteiger partial charge in [-0.3, -0.25) is 9.59 Å². The summed E-state index contributed by atoms with van der Waals surface area (Å²) in [5.41, 5.74) is 4.57. The zero-order valence-corrected chi connectivity index (χ0v) is 22.1. The number of carbonyl (C=O) groups is 2. The number of nitrogens with zero attached hydrogens (tertiary/aromatic N) is 1. The molecule has 6 nitrogen and oxygen atoms in total. The Morgan fingerprint density at radius 1 is 0.949 bits per heavy atom. The first kappa shape index (κ1) is 28.4. The molecule has 0 spiro atoms. The van der Waals surface area contributed by atoms with Crippen molar-refractivity contribution in [2.24, 2.45) is 0 Å². The number of anilines is 1. The number of rotatable bonds is 12. The van der Waals surface area contributed by atoms with Gasteiger partial charge in [-0.2, -0.15) is 0 Å². The first-order chi connectivity index (χ1) is 18.8. The summed E-state index contributed by atoms with van der Waals surface area (Å²) in [7, 11) is 0. The Kier molecular flexibility index (Phi) is 9.79. The molecule has 1 heterocycles. The first-order valence-corrected chi connectivity index (χ1v) is 13.4. The molecule has 3 N–H and O–H groups in total. The van der Waals surface area contributed by atoms with Gasteiger partial charge in [0.2, 0.25) is 11.8 Å². The van der Waals surface area contributed by atoms with Crippen LogP contribution in [0.3, 0.4) is 0 Å². The summed E-state index contributed by atoms with van der Waals surface area (Å²) < 4.78 is 27.6. The van der Waals surface area contributed by atoms with E-state index in [-0.39, 0.29) is 31.7 Å². The highest BCUT2D eigenvalue weighted by Crippen LogP contribution is 2.28. The standard InChI is InChI=1S/C31H35F2N3O3/c1-2-21-6-5-7-22(14-21)19-34-20-29(37)27(17-23-15-25(32)18-26(33)16-23)35-30(38)10-11-31(39)36-13-12-24-8-3-4-9-28(24)36/h3-9,14-16,18,27,29,34,37H,2,10-13,17,19-20H2,1H3,(H,35,38). The number of para-hydroxylation sites is 1. The van der Waals surface area contributed by atoms with E-state index in [1.54, 1.807) is 4.90 Å². The highest BCUT2D eigenvalue weighted by Gasteiger charge is 2.26. The van der Waals surface area contributed by atoms with Crippen molar-refractivity contribution in [1.29, 1.82) is 0 Å². The lowest BCUT2D eigenvalue weighted by atomic mass is 10.00.